The maximum atomic E-state index is 12.9. The Morgan fingerprint density at radius 1 is 1.04 bits per heavy atom. The van der Waals surface area contributed by atoms with E-state index in [1.165, 1.54) is 5.56 Å². The molecule has 4 nitrogen and oxygen atoms in total. The molecule has 2 aromatic carbocycles. The smallest absolute Gasteiger partial charge is 0.318 e. The van der Waals surface area contributed by atoms with Crippen LogP contribution in [0.5, 0.6) is 0 Å². The van der Waals surface area contributed by atoms with Gasteiger partial charge in [0.25, 0.3) is 0 Å². The highest BCUT2D eigenvalue weighted by Gasteiger charge is 2.44. The highest BCUT2D eigenvalue weighted by Crippen LogP contribution is 2.30. The Bertz CT molecular complexity index is 714. The van der Waals surface area contributed by atoms with Crippen LogP contribution in [0.1, 0.15) is 24.5 Å². The van der Waals surface area contributed by atoms with Crippen LogP contribution in [-0.4, -0.2) is 29.4 Å². The predicted octanol–water partition coefficient (Wildman–Crippen LogP) is 3.21. The number of ether oxygens (including phenoxy) is 1. The number of carbonyl (C=O) groups is 2. The number of hydrogen-bond acceptors (Lipinski definition) is 3. The summed E-state index contributed by atoms with van der Waals surface area (Å²) in [5, 5.41) is 0. The first-order chi connectivity index (χ1) is 12.2. The number of nitrogens with zero attached hydrogens (tertiary/aromatic N) is 1. The molecule has 1 amide bonds. The lowest BCUT2D eigenvalue weighted by atomic mass is 9.99. The highest BCUT2D eigenvalue weighted by molar-refractivity contribution is 5.99. The largest absolute Gasteiger partial charge is 0.465 e. The molecule has 3 rings (SSSR count). The van der Waals surface area contributed by atoms with Gasteiger partial charge in [-0.2, -0.15) is 0 Å². The number of benzene rings is 2. The van der Waals surface area contributed by atoms with Crippen LogP contribution in [0, 0.1) is 5.92 Å². The van der Waals surface area contributed by atoms with Gasteiger partial charge < -0.3 is 9.64 Å². The number of amides is 1. The number of hydrogen-bond donors (Lipinski definition) is 0. The first kappa shape index (κ1) is 17.2. The van der Waals surface area contributed by atoms with Gasteiger partial charge in [-0.3, -0.25) is 9.59 Å². The Balaban J connectivity index is 1.81. The monoisotopic (exact) mass is 337 g/mol. The lowest BCUT2D eigenvalue weighted by molar-refractivity contribution is -0.152. The number of likely N-dealkylation sites (tertiary alicyclic amines) is 1. The Kier molecular flexibility index (Phi) is 5.49. The minimum absolute atomic E-state index is 0.00418. The van der Waals surface area contributed by atoms with Crippen LogP contribution in [0.15, 0.2) is 60.7 Å². The van der Waals surface area contributed by atoms with Crippen molar-refractivity contribution in [3.05, 3.63) is 71.8 Å². The summed E-state index contributed by atoms with van der Waals surface area (Å²) in [5.41, 5.74) is 2.24. The van der Waals surface area contributed by atoms with Crippen LogP contribution >= 0.6 is 0 Å². The molecule has 0 aromatic heterocycles. The second-order valence-electron chi connectivity index (χ2n) is 6.34. The van der Waals surface area contributed by atoms with Crippen molar-refractivity contribution in [1.82, 2.24) is 4.90 Å². The lowest BCUT2D eigenvalue weighted by Crippen LogP contribution is -2.35. The summed E-state index contributed by atoms with van der Waals surface area (Å²) in [6, 6.07) is 20.0. The molecule has 1 heterocycles. The molecular formula is C21H23NO3. The summed E-state index contributed by atoms with van der Waals surface area (Å²) in [7, 11) is 0. The predicted molar refractivity (Wildman–Crippen MR) is 95.7 cm³/mol. The molecule has 0 saturated carbocycles. The van der Waals surface area contributed by atoms with Gasteiger partial charge in [-0.05, 0) is 30.9 Å². The molecule has 130 valence electrons. The zero-order chi connectivity index (χ0) is 17.6. The minimum Gasteiger partial charge on any atom is -0.465 e. The Morgan fingerprint density at radius 3 is 2.24 bits per heavy atom. The summed E-state index contributed by atoms with van der Waals surface area (Å²) in [6.45, 7) is 2.58. The fraction of sp³-hybridized carbons (Fsp3) is 0.333. The van der Waals surface area contributed by atoms with Crippen LogP contribution in [0.3, 0.4) is 0 Å². The molecule has 0 spiro atoms. The molecule has 2 aromatic rings. The average molecular weight is 337 g/mol. The number of rotatable bonds is 6. The van der Waals surface area contributed by atoms with E-state index in [2.05, 4.69) is 12.1 Å². The van der Waals surface area contributed by atoms with Crippen molar-refractivity contribution in [3.8, 4) is 0 Å². The zero-order valence-electron chi connectivity index (χ0n) is 14.4. The molecule has 0 bridgehead atoms. The lowest BCUT2D eigenvalue weighted by Gasteiger charge is -2.25. The summed E-state index contributed by atoms with van der Waals surface area (Å²) >= 11 is 0. The molecule has 0 radical (unpaired) electrons. The second kappa shape index (κ2) is 7.97. The number of carbonyl (C=O) groups excluding carboxylic acids is 2. The third-order valence-corrected chi connectivity index (χ3v) is 4.61. The molecule has 1 aliphatic heterocycles. The Hall–Kier alpha value is -2.62. The molecule has 0 N–H and O–H groups in total. The van der Waals surface area contributed by atoms with E-state index in [0.29, 0.717) is 19.6 Å². The van der Waals surface area contributed by atoms with E-state index < -0.39 is 11.9 Å². The molecule has 1 aliphatic rings. The first-order valence-corrected chi connectivity index (χ1v) is 8.74. The Morgan fingerprint density at radius 2 is 1.64 bits per heavy atom. The quantitative estimate of drug-likeness (QED) is 0.601. The topological polar surface area (TPSA) is 46.6 Å². The van der Waals surface area contributed by atoms with Gasteiger partial charge in [-0.15, -0.1) is 0 Å². The number of esters is 1. The molecule has 1 unspecified atom stereocenters. The van der Waals surface area contributed by atoms with Crippen LogP contribution in [0.4, 0.5) is 0 Å². The summed E-state index contributed by atoms with van der Waals surface area (Å²) < 4.78 is 5.11. The van der Waals surface area contributed by atoms with Crippen molar-refractivity contribution < 1.29 is 14.3 Å². The van der Waals surface area contributed by atoms with Gasteiger partial charge in [0.1, 0.15) is 5.92 Å². The van der Waals surface area contributed by atoms with Crippen molar-refractivity contribution in [2.24, 2.45) is 5.92 Å². The summed E-state index contributed by atoms with van der Waals surface area (Å²) in [5.74, 6) is -1.21. The van der Waals surface area contributed by atoms with Crippen molar-refractivity contribution in [2.45, 2.75) is 32.4 Å². The van der Waals surface area contributed by atoms with E-state index in [-0.39, 0.29) is 11.9 Å². The van der Waals surface area contributed by atoms with Gasteiger partial charge >= 0.3 is 5.97 Å². The van der Waals surface area contributed by atoms with E-state index in [4.69, 9.17) is 4.74 Å². The third kappa shape index (κ3) is 4.08. The van der Waals surface area contributed by atoms with E-state index in [0.717, 1.165) is 12.0 Å². The molecule has 1 saturated heterocycles. The SMILES string of the molecule is CCOC(=O)C1C[C@H](Cc2ccccc2)N(Cc2ccccc2)C1=O. The van der Waals surface area contributed by atoms with Crippen LogP contribution < -0.4 is 0 Å². The molecule has 4 heteroatoms. The van der Waals surface area contributed by atoms with E-state index in [9.17, 15) is 9.59 Å². The fourth-order valence-corrected chi connectivity index (χ4v) is 3.39. The maximum Gasteiger partial charge on any atom is 0.318 e. The molecule has 1 fully saturated rings. The molecule has 0 aliphatic carbocycles. The van der Waals surface area contributed by atoms with Crippen molar-refractivity contribution in [2.75, 3.05) is 6.61 Å². The fourth-order valence-electron chi connectivity index (χ4n) is 3.39. The highest BCUT2D eigenvalue weighted by atomic mass is 16.5. The first-order valence-electron chi connectivity index (χ1n) is 8.74. The van der Waals surface area contributed by atoms with Crippen LogP contribution in [-0.2, 0) is 27.3 Å². The standard InChI is InChI=1S/C21H23NO3/c1-2-25-21(24)19-14-18(13-16-9-5-3-6-10-16)22(20(19)23)15-17-11-7-4-8-12-17/h3-12,18-19H,2,13-15H2,1H3/t18-,19?/m0/s1. The van der Waals surface area contributed by atoms with Gasteiger partial charge in [0, 0.05) is 12.6 Å². The van der Waals surface area contributed by atoms with Crippen molar-refractivity contribution in [1.29, 1.82) is 0 Å². The third-order valence-electron chi connectivity index (χ3n) is 4.61. The van der Waals surface area contributed by atoms with E-state index in [1.807, 2.05) is 53.4 Å². The maximum absolute atomic E-state index is 12.9. The Labute approximate surface area is 148 Å². The van der Waals surface area contributed by atoms with Gasteiger partial charge in [-0.25, -0.2) is 0 Å². The van der Waals surface area contributed by atoms with Gasteiger partial charge in [0.2, 0.25) is 5.91 Å². The zero-order valence-corrected chi connectivity index (χ0v) is 14.4. The molecule has 25 heavy (non-hydrogen) atoms. The normalized spacial score (nSPS) is 19.9. The average Bonchev–Trinajstić information content (AvgIpc) is 2.93. The minimum atomic E-state index is -0.683. The van der Waals surface area contributed by atoms with Crippen molar-refractivity contribution in [3.63, 3.8) is 0 Å². The van der Waals surface area contributed by atoms with Gasteiger partial charge in [0.15, 0.2) is 0 Å². The van der Waals surface area contributed by atoms with Crippen LogP contribution in [0.25, 0.3) is 0 Å². The van der Waals surface area contributed by atoms with Gasteiger partial charge in [0.05, 0.1) is 6.61 Å². The van der Waals surface area contributed by atoms with Crippen molar-refractivity contribution >= 4 is 11.9 Å². The molecule has 2 atom stereocenters. The summed E-state index contributed by atoms with van der Waals surface area (Å²) in [4.78, 5) is 26.9. The van der Waals surface area contributed by atoms with Crippen LogP contribution in [0.2, 0.25) is 0 Å². The second-order valence-corrected chi connectivity index (χ2v) is 6.34. The van der Waals surface area contributed by atoms with Gasteiger partial charge in [-0.1, -0.05) is 60.7 Å². The molecular weight excluding hydrogens is 314 g/mol. The van der Waals surface area contributed by atoms with E-state index >= 15 is 0 Å². The summed E-state index contributed by atoms with van der Waals surface area (Å²) in [6.07, 6.45) is 1.26. The van der Waals surface area contributed by atoms with E-state index in [1.54, 1.807) is 6.92 Å².